The number of aryl methyl sites for hydroxylation is 2. The SMILES string of the molecule is CN(c1ccc(C2CCC2)cc1)c1ccc2c(c1)CCN[C@@H]2CCc1cnccc1C(=O)O.CN(c1ccc(C2CCC2)cc1)c1ccc2c(c1)CCN[C@H]2CCc1cnccc1C(=O)O. The first-order valence-corrected chi connectivity index (χ1v) is 23.9. The molecule has 0 amide bonds. The number of pyridine rings is 2. The van der Waals surface area contributed by atoms with Crippen LogP contribution in [0.15, 0.2) is 122 Å². The first-order valence-electron chi connectivity index (χ1n) is 23.9. The molecule has 2 aliphatic carbocycles. The van der Waals surface area contributed by atoms with Crippen molar-refractivity contribution in [3.63, 3.8) is 0 Å². The Hall–Kier alpha value is -6.36. The Labute approximate surface area is 389 Å². The summed E-state index contributed by atoms with van der Waals surface area (Å²) >= 11 is 0. The lowest BCUT2D eigenvalue weighted by Gasteiger charge is -2.30. The summed E-state index contributed by atoms with van der Waals surface area (Å²) in [6.07, 6.45) is 19.5. The third kappa shape index (κ3) is 10.1. The van der Waals surface area contributed by atoms with E-state index in [1.165, 1.54) is 94.7 Å². The van der Waals surface area contributed by atoms with E-state index < -0.39 is 11.9 Å². The number of nitrogens with one attached hydrogen (secondary N) is 2. The minimum Gasteiger partial charge on any atom is -0.478 e. The van der Waals surface area contributed by atoms with Gasteiger partial charge in [-0.3, -0.25) is 9.97 Å². The highest BCUT2D eigenvalue weighted by Crippen LogP contribution is 2.40. The van der Waals surface area contributed by atoms with Crippen molar-refractivity contribution in [3.8, 4) is 0 Å². The van der Waals surface area contributed by atoms with Gasteiger partial charge in [-0.25, -0.2) is 9.59 Å². The van der Waals surface area contributed by atoms with Gasteiger partial charge in [0.15, 0.2) is 0 Å². The van der Waals surface area contributed by atoms with E-state index in [2.05, 4.69) is 129 Å². The average Bonchev–Trinajstić information content (AvgIpc) is 3.31. The Bertz CT molecular complexity index is 2460. The number of hydrogen-bond donors (Lipinski definition) is 4. The quantitative estimate of drug-likeness (QED) is 0.0838. The molecule has 4 aliphatic rings. The Balaban J connectivity index is 0.000000166. The van der Waals surface area contributed by atoms with Gasteiger partial charge in [0.1, 0.15) is 0 Å². The standard InChI is InChI=1S/2C28H31N3O2/c2*1-31(23-8-5-20(6-9-23)19-3-2-4-19)24-10-11-25-21(17-24)13-16-30-27(25)12-7-22-18-29-15-14-26(22)28(32)33/h2*5-6,8-11,14-15,17-19,27,30H,2-4,7,12-13,16H2,1H3,(H,32,33)/t2*27-/m10/s1. The van der Waals surface area contributed by atoms with Crippen LogP contribution in [0.4, 0.5) is 22.7 Å². The molecule has 2 atom stereocenters. The van der Waals surface area contributed by atoms with Crippen LogP contribution in [-0.4, -0.2) is 59.3 Å². The van der Waals surface area contributed by atoms with Gasteiger partial charge in [-0.2, -0.15) is 0 Å². The van der Waals surface area contributed by atoms with Crippen molar-refractivity contribution >= 4 is 34.7 Å². The van der Waals surface area contributed by atoms with Gasteiger partial charge in [0.05, 0.1) is 11.1 Å². The monoisotopic (exact) mass is 882 g/mol. The molecule has 0 saturated heterocycles. The zero-order valence-corrected chi connectivity index (χ0v) is 38.3. The second-order valence-corrected chi connectivity index (χ2v) is 18.6. The lowest BCUT2D eigenvalue weighted by atomic mass is 9.80. The Morgan fingerprint density at radius 2 is 0.955 bits per heavy atom. The molecule has 2 aromatic heterocycles. The van der Waals surface area contributed by atoms with E-state index in [-0.39, 0.29) is 12.1 Å². The van der Waals surface area contributed by atoms with Crippen molar-refractivity contribution in [2.45, 2.75) is 101 Å². The van der Waals surface area contributed by atoms with Crippen molar-refractivity contribution in [2.24, 2.45) is 0 Å². The molecule has 0 radical (unpaired) electrons. The summed E-state index contributed by atoms with van der Waals surface area (Å²) in [6.45, 7) is 1.86. The molecule has 0 bridgehead atoms. The smallest absolute Gasteiger partial charge is 0.336 e. The van der Waals surface area contributed by atoms with Gasteiger partial charge in [0.2, 0.25) is 0 Å². The molecule has 2 aliphatic heterocycles. The predicted molar refractivity (Wildman–Crippen MR) is 263 cm³/mol. The van der Waals surface area contributed by atoms with E-state index in [1.807, 2.05) is 0 Å². The van der Waals surface area contributed by atoms with Crippen molar-refractivity contribution in [3.05, 3.63) is 177 Å². The number of benzene rings is 4. The summed E-state index contributed by atoms with van der Waals surface area (Å²) in [5.41, 5.74) is 15.4. The van der Waals surface area contributed by atoms with Gasteiger partial charge in [-0.05, 0) is 194 Å². The normalized spacial score (nSPS) is 17.8. The second kappa shape index (κ2) is 20.4. The summed E-state index contributed by atoms with van der Waals surface area (Å²) in [6, 6.07) is 35.2. The maximum atomic E-state index is 11.5. The Morgan fingerprint density at radius 3 is 1.32 bits per heavy atom. The van der Waals surface area contributed by atoms with Gasteiger partial charge in [-0.1, -0.05) is 49.2 Å². The van der Waals surface area contributed by atoms with Crippen molar-refractivity contribution in [2.75, 3.05) is 37.0 Å². The van der Waals surface area contributed by atoms with Crippen LogP contribution < -0.4 is 20.4 Å². The number of aromatic nitrogens is 2. The van der Waals surface area contributed by atoms with E-state index in [0.717, 1.165) is 61.7 Å². The van der Waals surface area contributed by atoms with Gasteiger partial charge in [-0.15, -0.1) is 0 Å². The molecule has 2 fully saturated rings. The molecule has 4 N–H and O–H groups in total. The topological polar surface area (TPSA) is 131 Å². The lowest BCUT2D eigenvalue weighted by molar-refractivity contribution is 0.0684. The number of nitrogens with zero attached hydrogens (tertiary/aromatic N) is 4. The highest BCUT2D eigenvalue weighted by Gasteiger charge is 2.25. The van der Waals surface area contributed by atoms with E-state index in [9.17, 15) is 19.8 Å². The van der Waals surface area contributed by atoms with E-state index in [4.69, 9.17) is 0 Å². The number of carboxylic acids is 2. The summed E-state index contributed by atoms with van der Waals surface area (Å²) in [5, 5.41) is 26.1. The minimum absolute atomic E-state index is 0.219. The molecule has 66 heavy (non-hydrogen) atoms. The summed E-state index contributed by atoms with van der Waals surface area (Å²) < 4.78 is 0. The number of fused-ring (bicyclic) bond motifs is 2. The van der Waals surface area contributed by atoms with Crippen molar-refractivity contribution < 1.29 is 19.8 Å². The van der Waals surface area contributed by atoms with E-state index >= 15 is 0 Å². The fraction of sp³-hybridized carbons (Fsp3) is 0.357. The van der Waals surface area contributed by atoms with Gasteiger partial charge in [0, 0.05) is 73.7 Å². The van der Waals surface area contributed by atoms with E-state index in [0.29, 0.717) is 24.0 Å². The van der Waals surface area contributed by atoms with Crippen molar-refractivity contribution in [1.82, 2.24) is 20.6 Å². The molecular weight excluding hydrogens is 821 g/mol. The molecule has 4 aromatic carbocycles. The van der Waals surface area contributed by atoms with Crippen LogP contribution in [0.2, 0.25) is 0 Å². The highest BCUT2D eigenvalue weighted by molar-refractivity contribution is 5.89. The Kier molecular flexibility index (Phi) is 13.9. The fourth-order valence-corrected chi connectivity index (χ4v) is 10.2. The van der Waals surface area contributed by atoms with Crippen LogP contribution in [0.1, 0.15) is 141 Å². The van der Waals surface area contributed by atoms with Crippen LogP contribution in [0.5, 0.6) is 0 Å². The van der Waals surface area contributed by atoms with Gasteiger partial charge >= 0.3 is 11.9 Å². The molecule has 2 saturated carbocycles. The summed E-state index contributed by atoms with van der Waals surface area (Å²) in [7, 11) is 4.27. The predicted octanol–water partition coefficient (Wildman–Crippen LogP) is 11.3. The number of aromatic carboxylic acids is 2. The van der Waals surface area contributed by atoms with Crippen LogP contribution in [0, 0.1) is 0 Å². The number of anilines is 4. The third-order valence-electron chi connectivity index (χ3n) is 14.7. The van der Waals surface area contributed by atoms with Crippen LogP contribution in [0.3, 0.4) is 0 Å². The molecule has 10 nitrogen and oxygen atoms in total. The average molecular weight is 883 g/mol. The minimum atomic E-state index is -0.891. The highest BCUT2D eigenvalue weighted by atomic mass is 16.4. The first-order chi connectivity index (χ1) is 32.2. The molecular formula is C56H62N6O4. The number of rotatable bonds is 14. The molecule has 0 unspecified atom stereocenters. The molecule has 340 valence electrons. The maximum Gasteiger partial charge on any atom is 0.336 e. The summed E-state index contributed by atoms with van der Waals surface area (Å²) in [4.78, 5) is 35.8. The zero-order valence-electron chi connectivity index (χ0n) is 38.3. The third-order valence-corrected chi connectivity index (χ3v) is 14.7. The van der Waals surface area contributed by atoms with Gasteiger partial charge in [0.25, 0.3) is 0 Å². The largest absolute Gasteiger partial charge is 0.478 e. The van der Waals surface area contributed by atoms with Crippen LogP contribution >= 0.6 is 0 Å². The molecule has 6 aromatic rings. The van der Waals surface area contributed by atoms with Crippen LogP contribution in [0.25, 0.3) is 0 Å². The van der Waals surface area contributed by atoms with Crippen molar-refractivity contribution in [1.29, 1.82) is 0 Å². The molecule has 4 heterocycles. The van der Waals surface area contributed by atoms with E-state index in [1.54, 1.807) is 36.9 Å². The summed E-state index contributed by atoms with van der Waals surface area (Å²) in [5.74, 6) is -0.262. The lowest BCUT2D eigenvalue weighted by Crippen LogP contribution is -2.30. The molecule has 10 rings (SSSR count). The molecule has 10 heteroatoms. The number of hydrogen-bond acceptors (Lipinski definition) is 8. The maximum absolute atomic E-state index is 11.5. The fourth-order valence-electron chi connectivity index (χ4n) is 10.2. The van der Waals surface area contributed by atoms with Gasteiger partial charge < -0.3 is 30.6 Å². The number of carbonyl (C=O) groups is 2. The zero-order chi connectivity index (χ0) is 45.6. The number of carboxylic acid groups (broad SMARTS) is 2. The molecule has 0 spiro atoms. The first kappa shape index (κ1) is 44.8. The second-order valence-electron chi connectivity index (χ2n) is 18.6. The van der Waals surface area contributed by atoms with Crippen LogP contribution in [-0.2, 0) is 25.7 Å². The Morgan fingerprint density at radius 1 is 0.561 bits per heavy atom.